The van der Waals surface area contributed by atoms with E-state index in [-0.39, 0.29) is 6.04 Å². The van der Waals surface area contributed by atoms with E-state index in [1.165, 1.54) is 24.1 Å². The lowest BCUT2D eigenvalue weighted by atomic mass is 10.1. The Balaban J connectivity index is 2.18. The second-order valence-electron chi connectivity index (χ2n) is 5.18. The van der Waals surface area contributed by atoms with E-state index in [1.807, 2.05) is 6.92 Å². The topological polar surface area (TPSA) is 29.3 Å². The number of halogens is 1. The normalized spacial score (nSPS) is 18.9. The van der Waals surface area contributed by atoms with Crippen LogP contribution in [0, 0.1) is 5.92 Å². The molecule has 1 aromatic carbocycles. The molecule has 0 heterocycles. The Morgan fingerprint density at radius 2 is 2.00 bits per heavy atom. The van der Waals surface area contributed by atoms with Gasteiger partial charge < -0.3 is 10.6 Å². The van der Waals surface area contributed by atoms with Crippen LogP contribution in [-0.2, 0) is 0 Å². The van der Waals surface area contributed by atoms with Gasteiger partial charge in [-0.05, 0) is 50.3 Å². The Bertz CT molecular complexity index is 399. The first-order chi connectivity index (χ1) is 8.00. The molecule has 0 saturated heterocycles. The number of hydrogen-bond acceptors (Lipinski definition) is 2. The van der Waals surface area contributed by atoms with Crippen LogP contribution in [0.3, 0.4) is 0 Å². The van der Waals surface area contributed by atoms with Gasteiger partial charge in [-0.3, -0.25) is 0 Å². The number of anilines is 1. The lowest BCUT2D eigenvalue weighted by molar-refractivity contribution is 0.609. The van der Waals surface area contributed by atoms with E-state index < -0.39 is 0 Å². The van der Waals surface area contributed by atoms with E-state index in [9.17, 15) is 0 Å². The molecule has 1 aliphatic rings. The van der Waals surface area contributed by atoms with Crippen LogP contribution in [0.5, 0.6) is 0 Å². The van der Waals surface area contributed by atoms with Gasteiger partial charge >= 0.3 is 0 Å². The van der Waals surface area contributed by atoms with Gasteiger partial charge in [0.15, 0.2) is 0 Å². The maximum Gasteiger partial charge on any atom is 0.0377 e. The molecule has 1 unspecified atom stereocenters. The standard InChI is InChI=1S/C14H21BrN2/c1-9(16)13-7-6-12(8-14(13)15)17(3)10(2)11-4-5-11/h6-11H,4-5,16H2,1-3H3/t9-,10?/m0/s1. The highest BCUT2D eigenvalue weighted by atomic mass is 79.9. The summed E-state index contributed by atoms with van der Waals surface area (Å²) in [5.41, 5.74) is 8.35. The van der Waals surface area contributed by atoms with Gasteiger partial charge in [0.25, 0.3) is 0 Å². The molecule has 0 aliphatic heterocycles. The van der Waals surface area contributed by atoms with Crippen molar-refractivity contribution in [2.45, 2.75) is 38.8 Å². The third-order valence-corrected chi connectivity index (χ3v) is 4.48. The van der Waals surface area contributed by atoms with Crippen molar-refractivity contribution < 1.29 is 0 Å². The molecular weight excluding hydrogens is 276 g/mol. The molecule has 1 fully saturated rings. The molecule has 3 heteroatoms. The van der Waals surface area contributed by atoms with Crippen LogP contribution in [0.4, 0.5) is 5.69 Å². The monoisotopic (exact) mass is 296 g/mol. The fourth-order valence-corrected chi connectivity index (χ4v) is 2.96. The zero-order valence-corrected chi connectivity index (χ0v) is 12.4. The van der Waals surface area contributed by atoms with Crippen molar-refractivity contribution >= 4 is 21.6 Å². The number of nitrogens with two attached hydrogens (primary N) is 1. The summed E-state index contributed by atoms with van der Waals surface area (Å²) >= 11 is 3.61. The van der Waals surface area contributed by atoms with Crippen LogP contribution in [0.15, 0.2) is 22.7 Å². The quantitative estimate of drug-likeness (QED) is 0.918. The molecule has 1 aromatic rings. The summed E-state index contributed by atoms with van der Waals surface area (Å²) in [4.78, 5) is 2.37. The van der Waals surface area contributed by atoms with Gasteiger partial charge in [0.05, 0.1) is 0 Å². The van der Waals surface area contributed by atoms with E-state index in [0.717, 1.165) is 10.4 Å². The minimum atomic E-state index is 0.0737. The highest BCUT2D eigenvalue weighted by molar-refractivity contribution is 9.10. The van der Waals surface area contributed by atoms with Crippen molar-refractivity contribution in [3.63, 3.8) is 0 Å². The van der Waals surface area contributed by atoms with Crippen molar-refractivity contribution in [3.05, 3.63) is 28.2 Å². The minimum Gasteiger partial charge on any atom is -0.372 e. The molecule has 17 heavy (non-hydrogen) atoms. The van der Waals surface area contributed by atoms with E-state index in [0.29, 0.717) is 6.04 Å². The molecule has 0 bridgehead atoms. The Morgan fingerprint density at radius 1 is 1.35 bits per heavy atom. The van der Waals surface area contributed by atoms with Crippen molar-refractivity contribution in [2.75, 3.05) is 11.9 Å². The number of hydrogen-bond donors (Lipinski definition) is 1. The van der Waals surface area contributed by atoms with E-state index in [2.05, 4.69) is 53.0 Å². The van der Waals surface area contributed by atoms with Crippen molar-refractivity contribution in [3.8, 4) is 0 Å². The molecule has 2 atom stereocenters. The Morgan fingerprint density at radius 3 is 2.47 bits per heavy atom. The number of nitrogens with zero attached hydrogens (tertiary/aromatic N) is 1. The van der Waals surface area contributed by atoms with Gasteiger partial charge in [0.2, 0.25) is 0 Å². The fourth-order valence-electron chi connectivity index (χ4n) is 2.23. The Hall–Kier alpha value is -0.540. The second kappa shape index (κ2) is 4.99. The predicted molar refractivity (Wildman–Crippen MR) is 77.3 cm³/mol. The lowest BCUT2D eigenvalue weighted by Crippen LogP contribution is -2.30. The smallest absolute Gasteiger partial charge is 0.0377 e. The van der Waals surface area contributed by atoms with Gasteiger partial charge in [0, 0.05) is 29.3 Å². The molecule has 94 valence electrons. The van der Waals surface area contributed by atoms with Gasteiger partial charge in [-0.25, -0.2) is 0 Å². The predicted octanol–water partition coefficient (Wildman–Crippen LogP) is 3.70. The van der Waals surface area contributed by atoms with Crippen LogP contribution in [0.2, 0.25) is 0 Å². The fraction of sp³-hybridized carbons (Fsp3) is 0.571. The molecule has 2 nitrogen and oxygen atoms in total. The molecule has 2 rings (SSSR count). The van der Waals surface area contributed by atoms with Crippen LogP contribution in [-0.4, -0.2) is 13.1 Å². The summed E-state index contributed by atoms with van der Waals surface area (Å²) in [5.74, 6) is 0.881. The van der Waals surface area contributed by atoms with Gasteiger partial charge in [-0.2, -0.15) is 0 Å². The minimum absolute atomic E-state index is 0.0737. The third kappa shape index (κ3) is 2.83. The van der Waals surface area contributed by atoms with Crippen LogP contribution in [0.1, 0.15) is 38.3 Å². The molecule has 2 N–H and O–H groups in total. The van der Waals surface area contributed by atoms with Gasteiger partial charge in [-0.15, -0.1) is 0 Å². The van der Waals surface area contributed by atoms with E-state index in [1.54, 1.807) is 0 Å². The summed E-state index contributed by atoms with van der Waals surface area (Å²) in [5, 5.41) is 0. The van der Waals surface area contributed by atoms with E-state index >= 15 is 0 Å². The summed E-state index contributed by atoms with van der Waals surface area (Å²) in [6.07, 6.45) is 2.76. The van der Waals surface area contributed by atoms with Crippen molar-refractivity contribution in [2.24, 2.45) is 11.7 Å². The highest BCUT2D eigenvalue weighted by Gasteiger charge is 2.30. The maximum absolute atomic E-state index is 5.92. The van der Waals surface area contributed by atoms with Gasteiger partial charge in [0.1, 0.15) is 0 Å². The van der Waals surface area contributed by atoms with Crippen molar-refractivity contribution in [1.29, 1.82) is 0 Å². The van der Waals surface area contributed by atoms with E-state index in [4.69, 9.17) is 5.73 Å². The molecule has 1 aliphatic carbocycles. The largest absolute Gasteiger partial charge is 0.372 e. The molecule has 0 radical (unpaired) electrons. The zero-order valence-electron chi connectivity index (χ0n) is 10.8. The SMILES string of the molecule is CC(C1CC1)N(C)c1ccc([C@H](C)N)c(Br)c1. The van der Waals surface area contributed by atoms with Crippen LogP contribution < -0.4 is 10.6 Å². The summed E-state index contributed by atoms with van der Waals surface area (Å²) in [6, 6.07) is 7.17. The first-order valence-corrected chi connectivity index (χ1v) is 7.08. The Kier molecular flexibility index (Phi) is 3.79. The second-order valence-corrected chi connectivity index (χ2v) is 6.04. The Labute approximate surface area is 112 Å². The number of benzene rings is 1. The lowest BCUT2D eigenvalue weighted by Gasteiger charge is -2.27. The molecule has 1 saturated carbocycles. The highest BCUT2D eigenvalue weighted by Crippen LogP contribution is 2.37. The average molecular weight is 297 g/mol. The zero-order chi connectivity index (χ0) is 12.6. The average Bonchev–Trinajstić information content (AvgIpc) is 3.10. The summed E-state index contributed by atoms with van der Waals surface area (Å²) < 4.78 is 1.11. The van der Waals surface area contributed by atoms with Crippen LogP contribution in [0.25, 0.3) is 0 Å². The summed E-state index contributed by atoms with van der Waals surface area (Å²) in [6.45, 7) is 4.32. The van der Waals surface area contributed by atoms with Crippen LogP contribution >= 0.6 is 15.9 Å². The van der Waals surface area contributed by atoms with Crippen molar-refractivity contribution in [1.82, 2.24) is 0 Å². The van der Waals surface area contributed by atoms with Gasteiger partial charge in [-0.1, -0.05) is 22.0 Å². The molecule has 0 spiro atoms. The number of rotatable bonds is 4. The third-order valence-electron chi connectivity index (χ3n) is 3.80. The first kappa shape index (κ1) is 12.9. The molecule has 0 amide bonds. The molecule has 0 aromatic heterocycles. The maximum atomic E-state index is 5.92. The molecular formula is C14H21BrN2. The summed E-state index contributed by atoms with van der Waals surface area (Å²) in [7, 11) is 2.18. The first-order valence-electron chi connectivity index (χ1n) is 6.28.